The highest BCUT2D eigenvalue weighted by molar-refractivity contribution is 6.34. The topological polar surface area (TPSA) is 57.9 Å². The Labute approximate surface area is 93.8 Å². The molecule has 0 atom stereocenters. The van der Waals surface area contributed by atoms with Crippen LogP contribution in [-0.2, 0) is 4.74 Å². The van der Waals surface area contributed by atoms with E-state index in [9.17, 15) is 0 Å². The third-order valence-electron chi connectivity index (χ3n) is 1.83. The highest BCUT2D eigenvalue weighted by Gasteiger charge is 2.05. The minimum Gasteiger partial charge on any atom is -0.385 e. The maximum Gasteiger partial charge on any atom is 0.146 e. The molecule has 0 aliphatic carbocycles. The van der Waals surface area contributed by atoms with Crippen molar-refractivity contribution < 1.29 is 4.74 Å². The van der Waals surface area contributed by atoms with E-state index in [0.29, 0.717) is 23.0 Å². The summed E-state index contributed by atoms with van der Waals surface area (Å²) in [5.74, 6) is 0.548. The Balaban J connectivity index is 2.58. The second kappa shape index (κ2) is 6.23. The van der Waals surface area contributed by atoms with Crippen LogP contribution >= 0.6 is 11.6 Å². The van der Waals surface area contributed by atoms with Gasteiger partial charge in [-0.3, -0.25) is 0 Å². The molecule has 0 radical (unpaired) electrons. The van der Waals surface area contributed by atoms with Crippen LogP contribution in [0.2, 0.25) is 5.02 Å². The lowest BCUT2D eigenvalue weighted by Crippen LogP contribution is -2.06. The normalized spacial score (nSPS) is 9.67. The second-order valence-corrected chi connectivity index (χ2v) is 3.28. The molecule has 0 aliphatic rings. The summed E-state index contributed by atoms with van der Waals surface area (Å²) in [6.07, 6.45) is 2.42. The maximum atomic E-state index is 8.74. The predicted molar refractivity (Wildman–Crippen MR) is 58.9 cm³/mol. The zero-order chi connectivity index (χ0) is 11.1. The summed E-state index contributed by atoms with van der Waals surface area (Å²) >= 11 is 5.94. The van der Waals surface area contributed by atoms with Gasteiger partial charge in [0.25, 0.3) is 0 Å². The third-order valence-corrected chi connectivity index (χ3v) is 2.21. The van der Waals surface area contributed by atoms with Gasteiger partial charge in [-0.2, -0.15) is 5.26 Å². The van der Waals surface area contributed by atoms with Crippen LogP contribution in [0.25, 0.3) is 0 Å². The van der Waals surface area contributed by atoms with Gasteiger partial charge in [-0.15, -0.1) is 0 Å². The largest absolute Gasteiger partial charge is 0.385 e. The minimum absolute atomic E-state index is 0.373. The fraction of sp³-hybridized carbons (Fsp3) is 0.400. The van der Waals surface area contributed by atoms with Gasteiger partial charge in [0.1, 0.15) is 16.9 Å². The fourth-order valence-electron chi connectivity index (χ4n) is 1.08. The van der Waals surface area contributed by atoms with E-state index in [0.717, 1.165) is 13.0 Å². The molecule has 0 amide bonds. The number of rotatable bonds is 5. The summed E-state index contributed by atoms with van der Waals surface area (Å²) < 4.78 is 4.91. The zero-order valence-electron chi connectivity index (χ0n) is 8.46. The molecule has 0 saturated carbocycles. The Bertz CT molecular complexity index is 362. The first kappa shape index (κ1) is 11.8. The first-order chi connectivity index (χ1) is 7.29. The molecule has 15 heavy (non-hydrogen) atoms. The SMILES string of the molecule is COCCCNc1nccc(C#N)c1Cl. The molecule has 0 fully saturated rings. The molecular weight excluding hydrogens is 214 g/mol. The number of nitrogens with one attached hydrogen (secondary N) is 1. The third kappa shape index (κ3) is 3.39. The number of methoxy groups -OCH3 is 1. The van der Waals surface area contributed by atoms with E-state index in [1.54, 1.807) is 19.4 Å². The van der Waals surface area contributed by atoms with Crippen molar-refractivity contribution in [3.05, 3.63) is 22.8 Å². The van der Waals surface area contributed by atoms with Crippen LogP contribution in [0, 0.1) is 11.3 Å². The summed E-state index contributed by atoms with van der Waals surface area (Å²) in [6, 6.07) is 3.59. The van der Waals surface area contributed by atoms with E-state index in [-0.39, 0.29) is 0 Å². The van der Waals surface area contributed by atoms with E-state index in [1.165, 1.54) is 0 Å². The lowest BCUT2D eigenvalue weighted by molar-refractivity contribution is 0.198. The molecule has 0 saturated heterocycles. The number of anilines is 1. The van der Waals surface area contributed by atoms with E-state index in [1.807, 2.05) is 6.07 Å². The van der Waals surface area contributed by atoms with Gasteiger partial charge in [0, 0.05) is 26.5 Å². The number of nitrogens with zero attached hydrogens (tertiary/aromatic N) is 2. The van der Waals surface area contributed by atoms with Gasteiger partial charge in [-0.25, -0.2) is 4.98 Å². The Morgan fingerprint density at radius 2 is 2.47 bits per heavy atom. The number of pyridine rings is 1. The van der Waals surface area contributed by atoms with E-state index >= 15 is 0 Å². The van der Waals surface area contributed by atoms with Crippen molar-refractivity contribution in [3.8, 4) is 6.07 Å². The molecule has 5 heteroatoms. The van der Waals surface area contributed by atoms with Crippen molar-refractivity contribution in [2.24, 2.45) is 0 Å². The summed E-state index contributed by atoms with van der Waals surface area (Å²) in [7, 11) is 1.65. The van der Waals surface area contributed by atoms with Crippen LogP contribution in [0.3, 0.4) is 0 Å². The molecule has 0 aliphatic heterocycles. The molecule has 0 bridgehead atoms. The Morgan fingerprint density at radius 1 is 1.67 bits per heavy atom. The van der Waals surface area contributed by atoms with Gasteiger partial charge in [0.15, 0.2) is 0 Å². The molecule has 1 N–H and O–H groups in total. The van der Waals surface area contributed by atoms with Crippen LogP contribution in [0.4, 0.5) is 5.82 Å². The van der Waals surface area contributed by atoms with Crippen molar-refractivity contribution in [3.63, 3.8) is 0 Å². The minimum atomic E-state index is 0.373. The molecule has 0 aromatic carbocycles. The maximum absolute atomic E-state index is 8.74. The molecule has 1 rings (SSSR count). The van der Waals surface area contributed by atoms with Gasteiger partial charge in [-0.1, -0.05) is 11.6 Å². The molecule has 1 aromatic rings. The van der Waals surface area contributed by atoms with Crippen molar-refractivity contribution in [1.82, 2.24) is 4.98 Å². The smallest absolute Gasteiger partial charge is 0.146 e. The standard InChI is InChI=1S/C10H12ClN3O/c1-15-6-2-4-13-10-9(11)8(7-12)3-5-14-10/h3,5H,2,4,6H2,1H3,(H,13,14). The summed E-state index contributed by atoms with van der Waals surface area (Å²) in [4.78, 5) is 4.05. The zero-order valence-corrected chi connectivity index (χ0v) is 9.21. The van der Waals surface area contributed by atoms with Crippen molar-refractivity contribution >= 4 is 17.4 Å². The van der Waals surface area contributed by atoms with Gasteiger partial charge in [0.2, 0.25) is 0 Å². The average Bonchev–Trinajstić information content (AvgIpc) is 2.26. The molecule has 80 valence electrons. The molecular formula is C10H12ClN3O. The number of ether oxygens (including phenoxy) is 1. The van der Waals surface area contributed by atoms with Crippen LogP contribution in [-0.4, -0.2) is 25.2 Å². The van der Waals surface area contributed by atoms with Crippen molar-refractivity contribution in [2.75, 3.05) is 25.6 Å². The predicted octanol–water partition coefficient (Wildman–Crippen LogP) is 2.06. The molecule has 1 heterocycles. The molecule has 4 nitrogen and oxygen atoms in total. The van der Waals surface area contributed by atoms with Crippen LogP contribution in [0.1, 0.15) is 12.0 Å². The first-order valence-electron chi connectivity index (χ1n) is 4.57. The Morgan fingerprint density at radius 3 is 3.13 bits per heavy atom. The van der Waals surface area contributed by atoms with Crippen LogP contribution in [0.15, 0.2) is 12.3 Å². The molecule has 0 spiro atoms. The number of halogens is 1. The first-order valence-corrected chi connectivity index (χ1v) is 4.94. The average molecular weight is 226 g/mol. The second-order valence-electron chi connectivity index (χ2n) is 2.91. The van der Waals surface area contributed by atoms with E-state index in [2.05, 4.69) is 10.3 Å². The lowest BCUT2D eigenvalue weighted by Gasteiger charge is -2.07. The Hall–Kier alpha value is -1.31. The number of hydrogen-bond acceptors (Lipinski definition) is 4. The quantitative estimate of drug-likeness (QED) is 0.780. The van der Waals surface area contributed by atoms with Gasteiger partial charge in [0.05, 0.1) is 5.56 Å². The van der Waals surface area contributed by atoms with Crippen molar-refractivity contribution in [2.45, 2.75) is 6.42 Å². The number of nitriles is 1. The van der Waals surface area contributed by atoms with Gasteiger partial charge in [-0.05, 0) is 12.5 Å². The van der Waals surface area contributed by atoms with Gasteiger partial charge >= 0.3 is 0 Å². The van der Waals surface area contributed by atoms with Crippen LogP contribution < -0.4 is 5.32 Å². The molecule has 0 unspecified atom stereocenters. The molecule has 1 aromatic heterocycles. The van der Waals surface area contributed by atoms with Crippen LogP contribution in [0.5, 0.6) is 0 Å². The summed E-state index contributed by atoms with van der Waals surface area (Å²) in [5, 5.41) is 12.2. The van der Waals surface area contributed by atoms with Crippen molar-refractivity contribution in [1.29, 1.82) is 5.26 Å². The Kier molecular flexibility index (Phi) is 4.88. The number of hydrogen-bond donors (Lipinski definition) is 1. The lowest BCUT2D eigenvalue weighted by atomic mass is 10.3. The van der Waals surface area contributed by atoms with E-state index in [4.69, 9.17) is 21.6 Å². The number of aromatic nitrogens is 1. The summed E-state index contributed by atoms with van der Waals surface area (Å²) in [6.45, 7) is 1.40. The summed E-state index contributed by atoms with van der Waals surface area (Å²) in [5.41, 5.74) is 0.431. The van der Waals surface area contributed by atoms with E-state index < -0.39 is 0 Å². The monoisotopic (exact) mass is 225 g/mol. The highest BCUT2D eigenvalue weighted by atomic mass is 35.5. The highest BCUT2D eigenvalue weighted by Crippen LogP contribution is 2.22. The van der Waals surface area contributed by atoms with Gasteiger partial charge < -0.3 is 10.1 Å². The fourth-order valence-corrected chi connectivity index (χ4v) is 1.30.